The summed E-state index contributed by atoms with van der Waals surface area (Å²) >= 11 is 3.37. The van der Waals surface area contributed by atoms with Crippen molar-refractivity contribution in [3.8, 4) is 0 Å². The molecule has 3 nitrogen and oxygen atoms in total. The number of fused-ring (bicyclic) bond motifs is 2. The molecule has 1 aromatic heterocycles. The fourth-order valence-electron chi connectivity index (χ4n) is 2.72. The molecule has 0 radical (unpaired) electrons. The molecule has 1 N–H and O–H groups in total. The van der Waals surface area contributed by atoms with Gasteiger partial charge in [-0.2, -0.15) is 0 Å². The molecule has 2 aliphatic heterocycles. The summed E-state index contributed by atoms with van der Waals surface area (Å²) in [7, 11) is 0. The summed E-state index contributed by atoms with van der Waals surface area (Å²) in [5, 5.41) is 14.6. The topological polar surface area (TPSA) is 35.8 Å². The van der Waals surface area contributed by atoms with E-state index < -0.39 is 6.10 Å². The molecule has 2 aromatic rings. The summed E-state index contributed by atoms with van der Waals surface area (Å²) in [6.07, 6.45) is -0.457. The minimum absolute atomic E-state index is 0.457. The fourth-order valence-corrected chi connectivity index (χ4v) is 4.80. The maximum absolute atomic E-state index is 10.1. The third kappa shape index (κ3) is 1.74. The molecule has 0 bridgehead atoms. The predicted molar refractivity (Wildman–Crippen MR) is 87.0 cm³/mol. The van der Waals surface area contributed by atoms with E-state index in [1.165, 1.54) is 15.6 Å². The molecule has 102 valence electrons. The summed E-state index contributed by atoms with van der Waals surface area (Å²) < 4.78 is 1.29. The highest BCUT2D eigenvalue weighted by atomic mass is 32.2. The Bertz CT molecular complexity index is 745. The highest BCUT2D eigenvalue weighted by Crippen LogP contribution is 2.45. The Morgan fingerprint density at radius 3 is 3.05 bits per heavy atom. The second kappa shape index (κ2) is 4.62. The number of benzene rings is 1. The van der Waals surface area contributed by atoms with Gasteiger partial charge in [0, 0.05) is 32.5 Å². The monoisotopic (exact) mass is 302 g/mol. The molecule has 0 saturated heterocycles. The highest BCUT2D eigenvalue weighted by Gasteiger charge is 2.35. The van der Waals surface area contributed by atoms with E-state index in [0.29, 0.717) is 0 Å². The van der Waals surface area contributed by atoms with Crippen LogP contribution in [0.3, 0.4) is 0 Å². The van der Waals surface area contributed by atoms with Crippen LogP contribution in [-0.4, -0.2) is 34.4 Å². The van der Waals surface area contributed by atoms with Gasteiger partial charge in [0.1, 0.15) is 0 Å². The number of aliphatic hydroxyl groups excluding tert-OH is 1. The van der Waals surface area contributed by atoms with Gasteiger partial charge in [-0.05, 0) is 13.0 Å². The SMILES string of the molecule is CC(O)C1=C(c2csc3ccccc23)N2CCN=C2S1. The zero-order chi connectivity index (χ0) is 13.7. The fraction of sp³-hybridized carbons (Fsp3) is 0.267. The summed E-state index contributed by atoms with van der Waals surface area (Å²) in [5.74, 6) is 0. The number of hydrogen-bond donors (Lipinski definition) is 1. The average molecular weight is 302 g/mol. The summed E-state index contributed by atoms with van der Waals surface area (Å²) in [5.41, 5.74) is 2.37. The summed E-state index contributed by atoms with van der Waals surface area (Å²) in [4.78, 5) is 7.80. The Morgan fingerprint density at radius 2 is 2.20 bits per heavy atom. The van der Waals surface area contributed by atoms with Crippen LogP contribution in [0.1, 0.15) is 12.5 Å². The van der Waals surface area contributed by atoms with Crippen LogP contribution in [0.5, 0.6) is 0 Å². The van der Waals surface area contributed by atoms with E-state index in [2.05, 4.69) is 39.5 Å². The number of thioether (sulfide) groups is 1. The Kier molecular flexibility index (Phi) is 2.87. The minimum Gasteiger partial charge on any atom is -0.388 e. The third-order valence-corrected chi connectivity index (χ3v) is 5.87. The first-order valence-corrected chi connectivity index (χ1v) is 8.34. The van der Waals surface area contributed by atoms with Gasteiger partial charge < -0.3 is 10.0 Å². The molecule has 0 aliphatic carbocycles. The number of aliphatic hydroxyl groups is 1. The molecule has 1 atom stereocenters. The summed E-state index contributed by atoms with van der Waals surface area (Å²) in [6, 6.07) is 8.44. The molecule has 1 unspecified atom stereocenters. The molecule has 5 heteroatoms. The number of aliphatic imine (C=N–C) groups is 1. The Labute approximate surface area is 125 Å². The van der Waals surface area contributed by atoms with Crippen LogP contribution >= 0.6 is 23.1 Å². The Balaban J connectivity index is 1.94. The zero-order valence-electron chi connectivity index (χ0n) is 11.0. The molecular formula is C15H14N2OS2. The smallest absolute Gasteiger partial charge is 0.168 e. The van der Waals surface area contributed by atoms with Gasteiger partial charge in [-0.1, -0.05) is 30.0 Å². The highest BCUT2D eigenvalue weighted by molar-refractivity contribution is 8.17. The molecule has 4 rings (SSSR count). The maximum atomic E-state index is 10.1. The lowest BCUT2D eigenvalue weighted by Gasteiger charge is -2.17. The lowest BCUT2D eigenvalue weighted by atomic mass is 10.1. The van der Waals surface area contributed by atoms with Gasteiger partial charge in [0.05, 0.1) is 18.3 Å². The van der Waals surface area contributed by atoms with Crippen molar-refractivity contribution in [3.63, 3.8) is 0 Å². The quantitative estimate of drug-likeness (QED) is 0.924. The molecule has 2 aliphatic rings. The Hall–Kier alpha value is -1.30. The van der Waals surface area contributed by atoms with Crippen molar-refractivity contribution in [2.24, 2.45) is 4.99 Å². The number of hydrogen-bond acceptors (Lipinski definition) is 5. The normalized spacial score (nSPS) is 19.7. The van der Waals surface area contributed by atoms with Gasteiger partial charge in [-0.3, -0.25) is 4.99 Å². The summed E-state index contributed by atoms with van der Waals surface area (Å²) in [6.45, 7) is 3.60. The van der Waals surface area contributed by atoms with Crippen LogP contribution in [-0.2, 0) is 0 Å². The van der Waals surface area contributed by atoms with Gasteiger partial charge in [0.25, 0.3) is 0 Å². The van der Waals surface area contributed by atoms with E-state index in [-0.39, 0.29) is 0 Å². The first kappa shape index (κ1) is 12.4. The minimum atomic E-state index is -0.457. The molecule has 0 fully saturated rings. The second-order valence-corrected chi connectivity index (χ2v) is 6.87. The van der Waals surface area contributed by atoms with E-state index in [9.17, 15) is 5.11 Å². The van der Waals surface area contributed by atoms with Gasteiger partial charge >= 0.3 is 0 Å². The molecule has 0 saturated carbocycles. The number of amidine groups is 1. The lowest BCUT2D eigenvalue weighted by Crippen LogP contribution is -2.20. The Morgan fingerprint density at radius 1 is 1.35 bits per heavy atom. The lowest BCUT2D eigenvalue weighted by molar-refractivity contribution is 0.240. The van der Waals surface area contributed by atoms with Crippen LogP contribution in [0.15, 0.2) is 39.5 Å². The first-order valence-electron chi connectivity index (χ1n) is 6.64. The van der Waals surface area contributed by atoms with Crippen LogP contribution in [0.25, 0.3) is 15.8 Å². The molecule has 1 aromatic carbocycles. The van der Waals surface area contributed by atoms with Crippen LogP contribution in [0, 0.1) is 0 Å². The van der Waals surface area contributed by atoms with E-state index >= 15 is 0 Å². The molecule has 0 spiro atoms. The van der Waals surface area contributed by atoms with Crippen molar-refractivity contribution in [1.82, 2.24) is 4.90 Å². The number of nitrogens with zero attached hydrogens (tertiary/aromatic N) is 2. The number of rotatable bonds is 2. The van der Waals surface area contributed by atoms with Gasteiger partial charge in [0.15, 0.2) is 5.17 Å². The second-order valence-electron chi connectivity index (χ2n) is 4.95. The molecule has 3 heterocycles. The van der Waals surface area contributed by atoms with Crippen LogP contribution in [0.4, 0.5) is 0 Å². The third-order valence-electron chi connectivity index (χ3n) is 3.62. The van der Waals surface area contributed by atoms with Crippen molar-refractivity contribution in [3.05, 3.63) is 40.1 Å². The van der Waals surface area contributed by atoms with Gasteiger partial charge in [-0.25, -0.2) is 0 Å². The number of thiophene rings is 1. The standard InChI is InChI=1S/C15H14N2OS2/c1-9(18)14-13(17-7-6-16-15(17)20-14)11-8-19-12-5-3-2-4-10(11)12/h2-5,8-9,18H,6-7H2,1H3. The van der Waals surface area contributed by atoms with Crippen molar-refractivity contribution < 1.29 is 5.11 Å². The van der Waals surface area contributed by atoms with Crippen LogP contribution < -0.4 is 0 Å². The van der Waals surface area contributed by atoms with Crippen molar-refractivity contribution in [2.75, 3.05) is 13.1 Å². The zero-order valence-corrected chi connectivity index (χ0v) is 12.7. The molecule has 20 heavy (non-hydrogen) atoms. The first-order chi connectivity index (χ1) is 9.75. The average Bonchev–Trinajstić information content (AvgIpc) is 3.10. The van der Waals surface area contributed by atoms with Gasteiger partial charge in [-0.15, -0.1) is 11.3 Å². The van der Waals surface area contributed by atoms with E-state index in [4.69, 9.17) is 0 Å². The van der Waals surface area contributed by atoms with Gasteiger partial charge in [0.2, 0.25) is 0 Å². The van der Waals surface area contributed by atoms with E-state index in [0.717, 1.165) is 28.9 Å². The van der Waals surface area contributed by atoms with Crippen LogP contribution in [0.2, 0.25) is 0 Å². The van der Waals surface area contributed by atoms with E-state index in [1.807, 2.05) is 6.92 Å². The van der Waals surface area contributed by atoms with E-state index in [1.54, 1.807) is 23.1 Å². The molecular weight excluding hydrogens is 288 g/mol. The largest absolute Gasteiger partial charge is 0.388 e. The maximum Gasteiger partial charge on any atom is 0.168 e. The van der Waals surface area contributed by atoms with Crippen molar-refractivity contribution in [2.45, 2.75) is 13.0 Å². The molecule has 0 amide bonds. The predicted octanol–water partition coefficient (Wildman–Crippen LogP) is 3.37. The van der Waals surface area contributed by atoms with Crippen molar-refractivity contribution >= 4 is 44.0 Å². The van der Waals surface area contributed by atoms with Crippen molar-refractivity contribution in [1.29, 1.82) is 0 Å².